The Morgan fingerprint density at radius 2 is 1.71 bits per heavy atom. The Hall–Kier alpha value is -2.15. The molecule has 0 spiro atoms. The lowest BCUT2D eigenvalue weighted by Gasteiger charge is -2.39. The van der Waals surface area contributed by atoms with Crippen molar-refractivity contribution in [3.63, 3.8) is 0 Å². The van der Waals surface area contributed by atoms with Crippen LogP contribution in [0, 0.1) is 0 Å². The van der Waals surface area contributed by atoms with Crippen LogP contribution >= 0.6 is 0 Å². The molecular formula is C22H24F3NO2. The maximum atomic E-state index is 13.0. The highest BCUT2D eigenvalue weighted by Crippen LogP contribution is 2.34. The number of hydrogen-bond donors (Lipinski definition) is 2. The summed E-state index contributed by atoms with van der Waals surface area (Å²) in [4.78, 5) is 2.10. The van der Waals surface area contributed by atoms with Gasteiger partial charge in [0.1, 0.15) is 0 Å². The molecule has 0 saturated carbocycles. The number of benzene rings is 2. The Kier molecular flexibility index (Phi) is 6.54. The van der Waals surface area contributed by atoms with Crippen LogP contribution in [0.15, 0.2) is 66.7 Å². The fraction of sp³-hybridized carbons (Fsp3) is 0.364. The monoisotopic (exact) mass is 391 g/mol. The molecule has 3 rings (SSSR count). The topological polar surface area (TPSA) is 43.7 Å². The molecule has 3 atom stereocenters. The lowest BCUT2D eigenvalue weighted by atomic mass is 9.93. The van der Waals surface area contributed by atoms with E-state index in [0.717, 1.165) is 17.7 Å². The number of nitrogens with zero attached hydrogens (tertiary/aromatic N) is 1. The summed E-state index contributed by atoms with van der Waals surface area (Å²) in [7, 11) is 0. The molecular weight excluding hydrogens is 367 g/mol. The molecule has 6 heteroatoms. The van der Waals surface area contributed by atoms with Gasteiger partial charge >= 0.3 is 6.18 Å². The summed E-state index contributed by atoms with van der Waals surface area (Å²) in [6.07, 6.45) is -0.478. The van der Waals surface area contributed by atoms with E-state index in [1.165, 1.54) is 12.1 Å². The first-order chi connectivity index (χ1) is 13.4. The smallest absolute Gasteiger partial charge is 0.394 e. The van der Waals surface area contributed by atoms with Crippen LogP contribution in [-0.2, 0) is 6.18 Å². The van der Waals surface area contributed by atoms with Crippen LogP contribution in [0.4, 0.5) is 13.2 Å². The normalized spacial score (nSPS) is 20.1. The van der Waals surface area contributed by atoms with E-state index in [1.807, 2.05) is 42.5 Å². The SMILES string of the molecule is OCC(c1ccccc1)N1CC=CCC1C[C@H](O)c1cccc(C(F)(F)F)c1. The molecule has 0 fully saturated rings. The van der Waals surface area contributed by atoms with Crippen molar-refractivity contribution in [1.29, 1.82) is 0 Å². The zero-order valence-electron chi connectivity index (χ0n) is 15.4. The standard InChI is InChI=1S/C22H24F3NO2/c23-22(24,25)18-10-6-9-17(13-18)21(28)14-19-11-4-5-12-26(19)20(15-27)16-7-2-1-3-8-16/h1-10,13,19-21,27-28H,11-12,14-15H2/t19?,20?,21-/m0/s1. The van der Waals surface area contributed by atoms with Crippen LogP contribution in [-0.4, -0.2) is 34.3 Å². The first-order valence-electron chi connectivity index (χ1n) is 9.32. The number of hydrogen-bond acceptors (Lipinski definition) is 3. The molecule has 1 aliphatic heterocycles. The number of halogens is 3. The minimum Gasteiger partial charge on any atom is -0.394 e. The summed E-state index contributed by atoms with van der Waals surface area (Å²) in [5.74, 6) is 0. The molecule has 0 aromatic heterocycles. The minimum absolute atomic E-state index is 0.0754. The second-order valence-corrected chi connectivity index (χ2v) is 7.04. The summed E-state index contributed by atoms with van der Waals surface area (Å²) in [6, 6.07) is 14.1. The average molecular weight is 391 g/mol. The maximum Gasteiger partial charge on any atom is 0.416 e. The first-order valence-corrected chi connectivity index (χ1v) is 9.32. The van der Waals surface area contributed by atoms with Crippen molar-refractivity contribution in [2.75, 3.05) is 13.2 Å². The molecule has 0 radical (unpaired) electrons. The van der Waals surface area contributed by atoms with Crippen LogP contribution in [0.5, 0.6) is 0 Å². The fourth-order valence-corrected chi connectivity index (χ4v) is 3.74. The average Bonchev–Trinajstić information content (AvgIpc) is 2.70. The van der Waals surface area contributed by atoms with E-state index in [9.17, 15) is 23.4 Å². The van der Waals surface area contributed by atoms with Gasteiger partial charge < -0.3 is 10.2 Å². The molecule has 2 aromatic carbocycles. The number of rotatable bonds is 6. The zero-order chi connectivity index (χ0) is 20.1. The van der Waals surface area contributed by atoms with Crippen LogP contribution in [0.3, 0.4) is 0 Å². The van der Waals surface area contributed by atoms with Crippen molar-refractivity contribution in [3.8, 4) is 0 Å². The van der Waals surface area contributed by atoms with E-state index in [0.29, 0.717) is 13.0 Å². The van der Waals surface area contributed by atoms with Gasteiger partial charge in [-0.2, -0.15) is 13.2 Å². The second kappa shape index (κ2) is 8.90. The minimum atomic E-state index is -4.44. The van der Waals surface area contributed by atoms with Crippen LogP contribution in [0.25, 0.3) is 0 Å². The molecule has 0 saturated heterocycles. The second-order valence-electron chi connectivity index (χ2n) is 7.04. The van der Waals surface area contributed by atoms with Crippen molar-refractivity contribution in [2.45, 2.75) is 37.2 Å². The molecule has 2 unspecified atom stereocenters. The molecule has 150 valence electrons. The van der Waals surface area contributed by atoms with Crippen molar-refractivity contribution in [3.05, 3.63) is 83.4 Å². The highest BCUT2D eigenvalue weighted by Gasteiger charge is 2.32. The molecule has 2 aromatic rings. The first kappa shape index (κ1) is 20.6. The molecule has 1 heterocycles. The summed E-state index contributed by atoms with van der Waals surface area (Å²) >= 11 is 0. The summed E-state index contributed by atoms with van der Waals surface area (Å²) in [5, 5.41) is 20.6. The van der Waals surface area contributed by atoms with Crippen molar-refractivity contribution in [2.24, 2.45) is 0 Å². The maximum absolute atomic E-state index is 13.0. The van der Waals surface area contributed by atoms with Crippen LogP contribution < -0.4 is 0 Å². The van der Waals surface area contributed by atoms with Gasteiger partial charge in [0, 0.05) is 12.6 Å². The third kappa shape index (κ3) is 4.82. The van der Waals surface area contributed by atoms with Crippen molar-refractivity contribution >= 4 is 0 Å². The summed E-state index contributed by atoms with van der Waals surface area (Å²) in [5.41, 5.74) is 0.463. The molecule has 0 bridgehead atoms. The predicted octanol–water partition coefficient (Wildman–Crippen LogP) is 4.49. The van der Waals surface area contributed by atoms with E-state index in [-0.39, 0.29) is 30.7 Å². The van der Waals surface area contributed by atoms with Crippen molar-refractivity contribution < 1.29 is 23.4 Å². The van der Waals surface area contributed by atoms with E-state index < -0.39 is 17.8 Å². The van der Waals surface area contributed by atoms with Crippen LogP contribution in [0.1, 0.15) is 41.7 Å². The molecule has 2 N–H and O–H groups in total. The fourth-order valence-electron chi connectivity index (χ4n) is 3.74. The van der Waals surface area contributed by atoms with Gasteiger partial charge in [-0.15, -0.1) is 0 Å². The van der Waals surface area contributed by atoms with E-state index >= 15 is 0 Å². The Bertz CT molecular complexity index is 792. The van der Waals surface area contributed by atoms with Gasteiger partial charge in [-0.1, -0.05) is 54.6 Å². The van der Waals surface area contributed by atoms with E-state index in [1.54, 1.807) is 0 Å². The lowest BCUT2D eigenvalue weighted by molar-refractivity contribution is -0.137. The van der Waals surface area contributed by atoms with Gasteiger partial charge in [0.2, 0.25) is 0 Å². The Balaban J connectivity index is 1.79. The quantitative estimate of drug-likeness (QED) is 0.713. The molecule has 0 aliphatic carbocycles. The Labute approximate surface area is 162 Å². The van der Waals surface area contributed by atoms with Gasteiger partial charge in [-0.05, 0) is 36.1 Å². The van der Waals surface area contributed by atoms with E-state index in [2.05, 4.69) is 4.90 Å². The molecule has 28 heavy (non-hydrogen) atoms. The number of alkyl halides is 3. The Morgan fingerprint density at radius 1 is 1.00 bits per heavy atom. The molecule has 1 aliphatic rings. The molecule has 3 nitrogen and oxygen atoms in total. The highest BCUT2D eigenvalue weighted by atomic mass is 19.4. The number of aliphatic hydroxyl groups excluding tert-OH is 2. The highest BCUT2D eigenvalue weighted by molar-refractivity contribution is 5.27. The van der Waals surface area contributed by atoms with Gasteiger partial charge in [-0.25, -0.2) is 0 Å². The number of aliphatic hydroxyl groups is 2. The van der Waals surface area contributed by atoms with Gasteiger partial charge in [0.15, 0.2) is 0 Å². The Morgan fingerprint density at radius 3 is 2.39 bits per heavy atom. The van der Waals surface area contributed by atoms with Crippen molar-refractivity contribution in [1.82, 2.24) is 4.90 Å². The summed E-state index contributed by atoms with van der Waals surface area (Å²) < 4.78 is 38.9. The van der Waals surface area contributed by atoms with E-state index in [4.69, 9.17) is 0 Å². The third-order valence-electron chi connectivity index (χ3n) is 5.21. The predicted molar refractivity (Wildman–Crippen MR) is 102 cm³/mol. The summed E-state index contributed by atoms with van der Waals surface area (Å²) in [6.45, 7) is 0.536. The molecule has 0 amide bonds. The lowest BCUT2D eigenvalue weighted by Crippen LogP contribution is -2.42. The largest absolute Gasteiger partial charge is 0.416 e. The van der Waals surface area contributed by atoms with Gasteiger partial charge in [0.25, 0.3) is 0 Å². The zero-order valence-corrected chi connectivity index (χ0v) is 15.4. The van der Waals surface area contributed by atoms with Crippen LogP contribution in [0.2, 0.25) is 0 Å². The van der Waals surface area contributed by atoms with Gasteiger partial charge in [-0.3, -0.25) is 4.90 Å². The van der Waals surface area contributed by atoms with Gasteiger partial charge in [0.05, 0.1) is 24.3 Å². The third-order valence-corrected chi connectivity index (χ3v) is 5.21.